The van der Waals surface area contributed by atoms with Gasteiger partial charge in [-0.3, -0.25) is 9.59 Å². The summed E-state index contributed by atoms with van der Waals surface area (Å²) in [6.45, 7) is 3.42. The molecule has 0 radical (unpaired) electrons. The first kappa shape index (κ1) is 17.4. The van der Waals surface area contributed by atoms with E-state index in [1.54, 1.807) is 6.07 Å². The summed E-state index contributed by atoms with van der Waals surface area (Å²) >= 11 is 0. The van der Waals surface area contributed by atoms with Crippen molar-refractivity contribution in [3.8, 4) is 0 Å². The number of carbonyl (C=O) groups is 2. The van der Waals surface area contributed by atoms with E-state index in [0.29, 0.717) is 11.6 Å². The number of benzene rings is 1. The Labute approximate surface area is 129 Å². The number of carbonyl (C=O) groups excluding carboxylic acids is 2. The fourth-order valence-corrected chi connectivity index (χ4v) is 1.98. The molecule has 3 N–H and O–H groups in total. The van der Waals surface area contributed by atoms with E-state index in [0.717, 1.165) is 13.1 Å². The summed E-state index contributed by atoms with van der Waals surface area (Å²) in [7, 11) is 0. The van der Waals surface area contributed by atoms with Crippen molar-refractivity contribution in [2.75, 3.05) is 25.0 Å². The van der Waals surface area contributed by atoms with Crippen molar-refractivity contribution in [1.29, 1.82) is 0 Å². The molecule has 0 aliphatic carbocycles. The summed E-state index contributed by atoms with van der Waals surface area (Å²) in [6, 6.07) is 5.62. The van der Waals surface area contributed by atoms with Crippen molar-refractivity contribution in [2.45, 2.75) is 6.92 Å². The van der Waals surface area contributed by atoms with Crippen LogP contribution in [-0.4, -0.2) is 31.4 Å². The number of amides is 2. The van der Waals surface area contributed by atoms with Gasteiger partial charge in [-0.05, 0) is 37.2 Å². The van der Waals surface area contributed by atoms with Gasteiger partial charge in [0.2, 0.25) is 11.8 Å². The van der Waals surface area contributed by atoms with E-state index in [4.69, 9.17) is 0 Å². The largest absolute Gasteiger partial charge is 0.347 e. The van der Waals surface area contributed by atoms with Gasteiger partial charge in [-0.2, -0.15) is 0 Å². The predicted molar refractivity (Wildman–Crippen MR) is 80.8 cm³/mol. The molecule has 1 fully saturated rings. The van der Waals surface area contributed by atoms with Gasteiger partial charge in [-0.1, -0.05) is 13.0 Å². The quantitative estimate of drug-likeness (QED) is 0.763. The second kappa shape index (κ2) is 7.95. The average molecular weight is 316 g/mol. The van der Waals surface area contributed by atoms with Crippen molar-refractivity contribution in [1.82, 2.24) is 10.6 Å². The maximum absolute atomic E-state index is 12.9. The number of nitrogens with one attached hydrogen (secondary N) is 3. The van der Waals surface area contributed by atoms with Crippen LogP contribution in [0.1, 0.15) is 6.92 Å². The Morgan fingerprint density at radius 2 is 2.14 bits per heavy atom. The lowest BCUT2D eigenvalue weighted by molar-refractivity contribution is -0.128. The lowest BCUT2D eigenvalue weighted by atomic mass is 9.88. The van der Waals surface area contributed by atoms with Crippen LogP contribution in [0.4, 0.5) is 10.1 Å². The molecule has 1 aliphatic heterocycles. The minimum atomic E-state index is -0.419. The molecule has 1 aliphatic rings. The van der Waals surface area contributed by atoms with E-state index < -0.39 is 5.82 Å². The van der Waals surface area contributed by atoms with Crippen LogP contribution in [0.3, 0.4) is 0 Å². The van der Waals surface area contributed by atoms with Crippen LogP contribution >= 0.6 is 12.4 Å². The van der Waals surface area contributed by atoms with E-state index in [9.17, 15) is 14.0 Å². The molecule has 7 heteroatoms. The van der Waals surface area contributed by atoms with Crippen LogP contribution in [0.5, 0.6) is 0 Å². The molecular weight excluding hydrogens is 297 g/mol. The highest BCUT2D eigenvalue weighted by Gasteiger charge is 2.28. The van der Waals surface area contributed by atoms with Gasteiger partial charge in [-0.15, -0.1) is 12.4 Å². The van der Waals surface area contributed by atoms with Gasteiger partial charge in [-0.25, -0.2) is 4.39 Å². The van der Waals surface area contributed by atoms with E-state index >= 15 is 0 Å². The van der Waals surface area contributed by atoms with Gasteiger partial charge in [0.05, 0.1) is 6.54 Å². The minimum absolute atomic E-state index is 0. The van der Waals surface area contributed by atoms with Crippen LogP contribution in [-0.2, 0) is 9.59 Å². The number of anilines is 1. The first-order valence-corrected chi connectivity index (χ1v) is 6.60. The summed E-state index contributed by atoms with van der Waals surface area (Å²) in [4.78, 5) is 23.5. The van der Waals surface area contributed by atoms with Gasteiger partial charge in [0.1, 0.15) is 5.82 Å². The molecule has 21 heavy (non-hydrogen) atoms. The Hall–Kier alpha value is -1.66. The highest BCUT2D eigenvalue weighted by Crippen LogP contribution is 2.15. The fraction of sp³-hybridized carbons (Fsp3) is 0.429. The summed E-state index contributed by atoms with van der Waals surface area (Å²) < 4.78 is 12.9. The SMILES string of the molecule is CC(C(=O)NCC(=O)Nc1cccc(F)c1)C1CNC1.Cl. The number of hydrogen-bond acceptors (Lipinski definition) is 3. The second-order valence-corrected chi connectivity index (χ2v) is 4.98. The molecule has 2 rings (SSSR count). The van der Waals surface area contributed by atoms with Crippen LogP contribution in [0.2, 0.25) is 0 Å². The zero-order chi connectivity index (χ0) is 14.5. The molecule has 2 amide bonds. The maximum atomic E-state index is 12.9. The Bertz CT molecular complexity index is 509. The van der Waals surface area contributed by atoms with Crippen molar-refractivity contribution in [3.05, 3.63) is 30.1 Å². The molecule has 0 spiro atoms. The summed E-state index contributed by atoms with van der Waals surface area (Å²) in [5.74, 6) is -0.703. The van der Waals surface area contributed by atoms with Crippen molar-refractivity contribution in [2.24, 2.45) is 11.8 Å². The third-order valence-corrected chi connectivity index (χ3v) is 3.47. The Balaban J connectivity index is 0.00000220. The van der Waals surface area contributed by atoms with Crippen LogP contribution in [0, 0.1) is 17.7 Å². The molecule has 1 unspecified atom stereocenters. The van der Waals surface area contributed by atoms with Gasteiger partial charge in [0.15, 0.2) is 0 Å². The zero-order valence-corrected chi connectivity index (χ0v) is 12.5. The molecule has 1 aromatic rings. The minimum Gasteiger partial charge on any atom is -0.347 e. The number of rotatable bonds is 5. The first-order chi connectivity index (χ1) is 9.56. The second-order valence-electron chi connectivity index (χ2n) is 4.98. The Morgan fingerprint density at radius 3 is 2.71 bits per heavy atom. The van der Waals surface area contributed by atoms with Crippen molar-refractivity contribution < 1.29 is 14.0 Å². The van der Waals surface area contributed by atoms with Crippen molar-refractivity contribution in [3.63, 3.8) is 0 Å². The normalized spacial score (nSPS) is 15.3. The van der Waals surface area contributed by atoms with Crippen molar-refractivity contribution >= 4 is 29.9 Å². The number of halogens is 2. The molecule has 1 saturated heterocycles. The molecule has 116 valence electrons. The monoisotopic (exact) mass is 315 g/mol. The smallest absolute Gasteiger partial charge is 0.243 e. The van der Waals surface area contributed by atoms with Crippen LogP contribution < -0.4 is 16.0 Å². The summed E-state index contributed by atoms with van der Waals surface area (Å²) in [5, 5.41) is 8.23. The standard InChI is InChI=1S/C14H18FN3O2.ClH/c1-9(10-6-16-7-10)14(20)17-8-13(19)18-12-4-2-3-11(15)5-12;/h2-5,9-10,16H,6-8H2,1H3,(H,17,20)(H,18,19);1H. The predicted octanol–water partition coefficient (Wildman–Crippen LogP) is 1.16. The highest BCUT2D eigenvalue weighted by molar-refractivity contribution is 5.94. The molecule has 0 aromatic heterocycles. The Morgan fingerprint density at radius 1 is 1.43 bits per heavy atom. The molecule has 5 nitrogen and oxygen atoms in total. The average Bonchev–Trinajstić information content (AvgIpc) is 2.33. The molecular formula is C14H19ClFN3O2. The molecule has 0 saturated carbocycles. The first-order valence-electron chi connectivity index (χ1n) is 6.60. The highest BCUT2D eigenvalue weighted by atomic mass is 35.5. The van der Waals surface area contributed by atoms with Crippen LogP contribution in [0.15, 0.2) is 24.3 Å². The van der Waals surface area contributed by atoms with Gasteiger partial charge in [0, 0.05) is 11.6 Å². The van der Waals surface area contributed by atoms with E-state index in [2.05, 4.69) is 16.0 Å². The van der Waals surface area contributed by atoms with E-state index in [1.807, 2.05) is 6.92 Å². The third kappa shape index (κ3) is 4.99. The van der Waals surface area contributed by atoms with E-state index in [1.165, 1.54) is 18.2 Å². The van der Waals surface area contributed by atoms with E-state index in [-0.39, 0.29) is 36.7 Å². The molecule has 1 atom stereocenters. The Kier molecular flexibility index (Phi) is 6.58. The molecule has 0 bridgehead atoms. The summed E-state index contributed by atoms with van der Waals surface area (Å²) in [5.41, 5.74) is 0.375. The zero-order valence-electron chi connectivity index (χ0n) is 11.7. The fourth-order valence-electron chi connectivity index (χ4n) is 1.98. The van der Waals surface area contributed by atoms with Gasteiger partial charge < -0.3 is 16.0 Å². The third-order valence-electron chi connectivity index (χ3n) is 3.47. The molecule has 1 aromatic carbocycles. The maximum Gasteiger partial charge on any atom is 0.243 e. The van der Waals surface area contributed by atoms with Gasteiger partial charge in [0.25, 0.3) is 0 Å². The lowest BCUT2D eigenvalue weighted by Gasteiger charge is -2.31. The lowest BCUT2D eigenvalue weighted by Crippen LogP contribution is -2.50. The topological polar surface area (TPSA) is 70.2 Å². The van der Waals surface area contributed by atoms with Crippen LogP contribution in [0.25, 0.3) is 0 Å². The van der Waals surface area contributed by atoms with Gasteiger partial charge >= 0.3 is 0 Å². The summed E-state index contributed by atoms with van der Waals surface area (Å²) in [6.07, 6.45) is 0. The number of hydrogen-bond donors (Lipinski definition) is 3. The molecule has 1 heterocycles.